The maximum absolute atomic E-state index is 12.5. The van der Waals surface area contributed by atoms with Crippen molar-refractivity contribution in [2.24, 2.45) is 30.7 Å². The number of nitro groups is 1. The molecule has 0 saturated heterocycles. The van der Waals surface area contributed by atoms with Crippen LogP contribution in [0.1, 0.15) is 5.69 Å². The second kappa shape index (κ2) is 15.7. The topological polar surface area (TPSA) is 434 Å². The van der Waals surface area contributed by atoms with Crippen LogP contribution in [0.15, 0.2) is 98.8 Å². The van der Waals surface area contributed by atoms with Crippen LogP contribution >= 0.6 is 0 Å². The number of benzene rings is 4. The fourth-order valence-electron chi connectivity index (χ4n) is 5.05. The summed E-state index contributed by atoms with van der Waals surface area (Å²) in [6.07, 6.45) is 0. The number of non-ortho nitro benzene ring substituents is 1. The Kier molecular flexibility index (Phi) is 11.6. The van der Waals surface area contributed by atoms with Crippen molar-refractivity contribution < 1.29 is 77.2 Å². The summed E-state index contributed by atoms with van der Waals surface area (Å²) in [4.78, 5) is 5.08. The van der Waals surface area contributed by atoms with E-state index in [1.807, 2.05) is 0 Å². The van der Waals surface area contributed by atoms with E-state index in [1.165, 1.54) is 6.92 Å². The Morgan fingerprint density at radius 3 is 1.56 bits per heavy atom. The Hall–Kier alpha value is -6.45. The molecule has 0 spiro atoms. The van der Waals surface area contributed by atoms with Crippen LogP contribution in [0, 0.1) is 17.0 Å². The van der Waals surface area contributed by atoms with Crippen LogP contribution in [0.2, 0.25) is 0 Å². The summed E-state index contributed by atoms with van der Waals surface area (Å²) in [6.45, 7) is 0.934. The van der Waals surface area contributed by atoms with Crippen LogP contribution in [0.4, 0.5) is 39.8 Å². The quantitative estimate of drug-likeness (QED) is 0.0346. The first kappa shape index (κ1) is 43.7. The van der Waals surface area contributed by atoms with E-state index in [0.29, 0.717) is 36.4 Å². The molecule has 0 unspecified atom stereocenters. The first-order chi connectivity index (χ1) is 27.2. The first-order valence-electron chi connectivity index (χ1n) is 15.2. The molecular weight excluding hydrogens is 879 g/mol. The van der Waals surface area contributed by atoms with Gasteiger partial charge in [0, 0.05) is 12.1 Å². The maximum atomic E-state index is 12.5. The predicted octanol–water partition coefficient (Wildman–Crippen LogP) is 4.60. The summed E-state index contributed by atoms with van der Waals surface area (Å²) in [6, 6.07) is 5.08. The molecule has 0 amide bonds. The third-order valence-corrected chi connectivity index (χ3v) is 11.1. The molecule has 4 aromatic carbocycles. The summed E-state index contributed by atoms with van der Waals surface area (Å²) in [7, 11) is -21.5. The third-order valence-electron chi connectivity index (χ3n) is 7.62. The molecule has 0 aliphatic carbocycles. The first-order valence-corrected chi connectivity index (χ1v) is 21.0. The van der Waals surface area contributed by atoms with Crippen molar-refractivity contribution in [3.63, 3.8) is 0 Å². The number of aromatic nitrogens is 2. The van der Waals surface area contributed by atoms with Gasteiger partial charge in [0.05, 0.1) is 34.8 Å². The molecule has 8 N–H and O–H groups in total. The van der Waals surface area contributed by atoms with E-state index in [1.54, 1.807) is 0 Å². The number of fused-ring (bicyclic) bond motifs is 1. The molecule has 0 aliphatic heterocycles. The predicted molar refractivity (Wildman–Crippen MR) is 194 cm³/mol. The number of phenols is 2. The monoisotopic (exact) mass is 901 g/mol. The lowest BCUT2D eigenvalue weighted by atomic mass is 10.1. The molecule has 27 nitrogen and oxygen atoms in total. The van der Waals surface area contributed by atoms with Crippen LogP contribution in [0.25, 0.3) is 10.8 Å². The number of aromatic hydroxyl groups is 3. The van der Waals surface area contributed by atoms with Crippen LogP contribution < -0.4 is 0 Å². The van der Waals surface area contributed by atoms with Gasteiger partial charge < -0.3 is 20.4 Å². The van der Waals surface area contributed by atoms with Gasteiger partial charge in [-0.25, -0.2) is 4.68 Å². The zero-order valence-corrected chi connectivity index (χ0v) is 32.1. The van der Waals surface area contributed by atoms with Gasteiger partial charge in [-0.05, 0) is 48.7 Å². The van der Waals surface area contributed by atoms with Gasteiger partial charge in [-0.1, -0.05) is 0 Å². The van der Waals surface area contributed by atoms with Crippen molar-refractivity contribution in [3.8, 4) is 17.4 Å². The Morgan fingerprint density at radius 1 is 0.644 bits per heavy atom. The van der Waals surface area contributed by atoms with Crippen molar-refractivity contribution >= 4 is 91.1 Å². The van der Waals surface area contributed by atoms with Gasteiger partial charge in [0.25, 0.3) is 46.2 Å². The number of rotatable bonds is 13. The number of aliphatic hydroxyl groups excluding tert-OH is 1. The number of aryl methyl sites for hydroxylation is 1. The number of azo groups is 3. The van der Waals surface area contributed by atoms with Crippen molar-refractivity contribution in [3.05, 3.63) is 64.3 Å². The summed E-state index contributed by atoms with van der Waals surface area (Å²) in [5, 5.41) is 76.6. The maximum Gasteiger partial charge on any atom is 0.297 e. The molecule has 0 atom stereocenters. The van der Waals surface area contributed by atoms with E-state index in [4.69, 9.17) is 5.11 Å². The van der Waals surface area contributed by atoms with Gasteiger partial charge in [-0.15, -0.1) is 25.6 Å². The number of hydrogen-bond donors (Lipinski definition) is 8. The fraction of sp³-hybridized carbons (Fsp3) is 0.107. The summed E-state index contributed by atoms with van der Waals surface area (Å²) in [5.41, 5.74) is -5.40. The Morgan fingerprint density at radius 2 is 1.10 bits per heavy atom. The number of nitro benzene ring substituents is 1. The third kappa shape index (κ3) is 9.16. The molecule has 5 aromatic rings. The smallest absolute Gasteiger partial charge is 0.297 e. The van der Waals surface area contributed by atoms with Gasteiger partial charge in [-0.2, -0.15) is 43.9 Å². The van der Waals surface area contributed by atoms with Gasteiger partial charge in [-0.3, -0.25) is 28.3 Å². The largest absolute Gasteiger partial charge is 0.505 e. The van der Waals surface area contributed by atoms with Crippen molar-refractivity contribution in [1.29, 1.82) is 0 Å². The lowest BCUT2D eigenvalue weighted by molar-refractivity contribution is -0.385. The van der Waals surface area contributed by atoms with Crippen molar-refractivity contribution in [1.82, 2.24) is 9.78 Å². The molecule has 0 radical (unpaired) electrons. The molecule has 1 heterocycles. The fourth-order valence-corrected chi connectivity index (χ4v) is 7.65. The highest BCUT2D eigenvalue weighted by atomic mass is 32.2. The van der Waals surface area contributed by atoms with Gasteiger partial charge in [0.1, 0.15) is 42.3 Å². The Balaban J connectivity index is 1.70. The van der Waals surface area contributed by atoms with E-state index < -0.39 is 122 Å². The zero-order chi connectivity index (χ0) is 44.0. The second-order valence-corrected chi connectivity index (χ2v) is 17.1. The molecule has 5 rings (SSSR count). The van der Waals surface area contributed by atoms with Crippen molar-refractivity contribution in [2.75, 3.05) is 6.61 Å². The minimum absolute atomic E-state index is 0.108. The van der Waals surface area contributed by atoms with Gasteiger partial charge >= 0.3 is 0 Å². The van der Waals surface area contributed by atoms with E-state index >= 15 is 0 Å². The molecule has 312 valence electrons. The van der Waals surface area contributed by atoms with Gasteiger partial charge in [0.15, 0.2) is 17.2 Å². The standard InChI is InChI=1S/C28H23N9O18S4/c1-12-23(28(41)36(35-12)6-7-38)32-29-14-2-4-16(18(10-14)56(44,45)46)30-33-24-20(58(50,51)52)8-13-9-21(59(53,54)55)25(27(40)22(13)26(24)39)34-31-17-5-3-15(37(42)43)11-19(17)57(47,48)49/h2-5,8-11,38-41H,6-7H2,1H3,(H,44,45,46)(H,47,48,49)(H,50,51,52)(H,53,54,55)/b32-29+,33-30+,34-31+. The molecule has 1 aromatic heterocycles. The van der Waals surface area contributed by atoms with Crippen LogP contribution in [-0.2, 0) is 47.0 Å². The molecular formula is C28H23N9O18S4. The number of aliphatic hydroxyl groups is 1. The summed E-state index contributed by atoms with van der Waals surface area (Å²) >= 11 is 0. The van der Waals surface area contributed by atoms with E-state index in [9.17, 15) is 77.3 Å². The summed E-state index contributed by atoms with van der Waals surface area (Å²) < 4.78 is 139. The molecule has 0 aliphatic rings. The van der Waals surface area contributed by atoms with Crippen LogP contribution in [0.3, 0.4) is 0 Å². The molecule has 0 fully saturated rings. The summed E-state index contributed by atoms with van der Waals surface area (Å²) in [5.74, 6) is -3.40. The van der Waals surface area contributed by atoms with Crippen molar-refractivity contribution in [2.45, 2.75) is 33.1 Å². The highest BCUT2D eigenvalue weighted by Crippen LogP contribution is 2.50. The SMILES string of the molecule is Cc1nn(CCO)c(O)c1/N=N/c1ccc(/N=N/c2c(S(=O)(=O)O)cc3cc(S(=O)(=O)O)c(/N=N/c4ccc([N+](=O)[O-])cc4S(=O)(=O)O)c(O)c3c2O)c(S(=O)(=O)O)c1. The van der Waals surface area contributed by atoms with E-state index in [-0.39, 0.29) is 30.2 Å². The highest BCUT2D eigenvalue weighted by molar-refractivity contribution is 7.86. The number of phenolic OH excluding ortho intramolecular Hbond substituents is 2. The Bertz CT molecular complexity index is 3150. The highest BCUT2D eigenvalue weighted by Gasteiger charge is 2.30. The van der Waals surface area contributed by atoms with E-state index in [2.05, 4.69) is 35.8 Å². The van der Waals surface area contributed by atoms with Crippen LogP contribution in [0.5, 0.6) is 17.4 Å². The molecule has 31 heteroatoms. The van der Waals surface area contributed by atoms with E-state index in [0.717, 1.165) is 16.8 Å². The average molecular weight is 902 g/mol. The average Bonchev–Trinajstić information content (AvgIpc) is 3.38. The molecule has 59 heavy (non-hydrogen) atoms. The lowest BCUT2D eigenvalue weighted by Crippen LogP contribution is -2.03. The minimum atomic E-state index is -5.50. The molecule has 0 bridgehead atoms. The minimum Gasteiger partial charge on any atom is -0.505 e. The lowest BCUT2D eigenvalue weighted by Gasteiger charge is -2.13. The number of nitrogens with zero attached hydrogens (tertiary/aromatic N) is 9. The second-order valence-electron chi connectivity index (χ2n) is 11.5. The normalized spacial score (nSPS) is 13.1. The zero-order valence-electron chi connectivity index (χ0n) is 28.9. The molecule has 0 saturated carbocycles. The van der Waals surface area contributed by atoms with Gasteiger partial charge in [0.2, 0.25) is 5.88 Å². The Labute approximate surface area is 329 Å². The number of hydrogen-bond acceptors (Lipinski definition) is 21. The van der Waals surface area contributed by atoms with Crippen LogP contribution in [-0.4, -0.2) is 93.6 Å².